The Labute approximate surface area is 212 Å². The Hall–Kier alpha value is -2.72. The van der Waals surface area contributed by atoms with E-state index in [1.807, 2.05) is 66.7 Å². The Bertz CT molecular complexity index is 1180. The molecule has 2 atom stereocenters. The Morgan fingerprint density at radius 1 is 1.03 bits per heavy atom. The highest BCUT2D eigenvalue weighted by atomic mass is 32.2. The minimum Gasteiger partial charge on any atom is -0.371 e. The number of hydrogen-bond donors (Lipinski definition) is 2. The Balaban J connectivity index is 1.14. The summed E-state index contributed by atoms with van der Waals surface area (Å²) in [5.41, 5.74) is 4.38. The average molecular weight is 512 g/mol. The molecular weight excluding hydrogens is 478 g/mol. The van der Waals surface area contributed by atoms with Gasteiger partial charge in [0.1, 0.15) is 11.3 Å². The lowest BCUT2D eigenvalue weighted by Crippen LogP contribution is -2.47. The molecule has 2 unspecified atom stereocenters. The molecule has 2 fully saturated rings. The fraction of sp³-hybridized carbons (Fsp3) is 0.444. The van der Waals surface area contributed by atoms with Crippen LogP contribution >= 0.6 is 0 Å². The Morgan fingerprint density at radius 2 is 1.69 bits per heavy atom. The maximum Gasteiger partial charge on any atom is 0.269 e. The number of piperidine rings is 1. The topological polar surface area (TPSA) is 97.0 Å². The number of nitrogens with zero attached hydrogens (tertiary/aromatic N) is 1. The van der Waals surface area contributed by atoms with Crippen LogP contribution in [0.25, 0.3) is 0 Å². The van der Waals surface area contributed by atoms with Crippen LogP contribution in [0.4, 0.5) is 0 Å². The second kappa shape index (κ2) is 10.7. The number of carbonyl (C=O) groups is 1. The molecule has 3 aliphatic rings. The molecule has 2 aromatic carbocycles. The van der Waals surface area contributed by atoms with E-state index in [-0.39, 0.29) is 23.8 Å². The number of hydroxylamine groups is 1. The molecule has 1 saturated heterocycles. The fourth-order valence-electron chi connectivity index (χ4n) is 5.17. The molecule has 1 saturated carbocycles. The molecule has 1 amide bonds. The third-order valence-corrected chi connectivity index (χ3v) is 9.10. The van der Waals surface area contributed by atoms with Crippen LogP contribution in [-0.2, 0) is 36.8 Å². The van der Waals surface area contributed by atoms with Gasteiger partial charge < -0.3 is 10.1 Å². The van der Waals surface area contributed by atoms with Crippen molar-refractivity contribution in [2.45, 2.75) is 62.2 Å². The van der Waals surface area contributed by atoms with Gasteiger partial charge in [-0.25, -0.2) is 12.7 Å². The van der Waals surface area contributed by atoms with Crippen LogP contribution in [0.1, 0.15) is 43.2 Å². The maximum absolute atomic E-state index is 13.0. The number of carbonyl (C=O) groups excluding carboxylic acids is 1. The van der Waals surface area contributed by atoms with Crippen molar-refractivity contribution in [3.05, 3.63) is 83.6 Å². The average Bonchev–Trinajstić information content (AvgIpc) is 3.51. The number of benzene rings is 2. The highest BCUT2D eigenvalue weighted by molar-refractivity contribution is 7.88. The number of amides is 1. The number of hydrogen-bond acceptors (Lipinski definition) is 6. The predicted molar refractivity (Wildman–Crippen MR) is 136 cm³/mol. The summed E-state index contributed by atoms with van der Waals surface area (Å²) in [6, 6.07) is 19.2. The molecule has 2 heterocycles. The number of sulfonamides is 1. The van der Waals surface area contributed by atoms with Crippen molar-refractivity contribution >= 4 is 15.9 Å². The smallest absolute Gasteiger partial charge is 0.269 e. The van der Waals surface area contributed by atoms with Crippen molar-refractivity contribution < 1.29 is 22.8 Å². The van der Waals surface area contributed by atoms with Crippen LogP contribution in [0.5, 0.6) is 0 Å². The molecule has 0 aromatic heterocycles. The zero-order chi connectivity index (χ0) is 25.0. The first-order chi connectivity index (χ1) is 17.4. The summed E-state index contributed by atoms with van der Waals surface area (Å²) in [7, 11) is -3.42. The lowest BCUT2D eigenvalue weighted by Gasteiger charge is -2.35. The summed E-state index contributed by atoms with van der Waals surface area (Å²) >= 11 is 0. The van der Waals surface area contributed by atoms with E-state index < -0.39 is 15.6 Å². The molecule has 0 radical (unpaired) electrons. The third-order valence-electron chi connectivity index (χ3n) is 7.25. The maximum atomic E-state index is 13.0. The first-order valence-corrected chi connectivity index (χ1v) is 14.2. The summed E-state index contributed by atoms with van der Waals surface area (Å²) in [5.74, 6) is -0.232. The monoisotopic (exact) mass is 511 g/mol. The van der Waals surface area contributed by atoms with Gasteiger partial charge in [0, 0.05) is 13.1 Å². The van der Waals surface area contributed by atoms with Gasteiger partial charge in [-0.1, -0.05) is 60.7 Å². The van der Waals surface area contributed by atoms with Crippen molar-refractivity contribution in [2.24, 2.45) is 0 Å². The Kier molecular flexibility index (Phi) is 7.43. The minimum absolute atomic E-state index is 0.0155. The Morgan fingerprint density at radius 3 is 2.39 bits per heavy atom. The van der Waals surface area contributed by atoms with Crippen molar-refractivity contribution in [3.63, 3.8) is 0 Å². The van der Waals surface area contributed by atoms with E-state index in [9.17, 15) is 13.2 Å². The van der Waals surface area contributed by atoms with Crippen LogP contribution in [0.15, 0.2) is 72.4 Å². The van der Waals surface area contributed by atoms with E-state index in [0.29, 0.717) is 38.2 Å². The van der Waals surface area contributed by atoms with Crippen LogP contribution in [0.2, 0.25) is 0 Å². The van der Waals surface area contributed by atoms with E-state index in [1.165, 1.54) is 4.31 Å². The summed E-state index contributed by atoms with van der Waals surface area (Å²) < 4.78 is 33.4. The van der Waals surface area contributed by atoms with Crippen molar-refractivity contribution in [1.82, 2.24) is 15.1 Å². The van der Waals surface area contributed by atoms with E-state index >= 15 is 0 Å². The summed E-state index contributed by atoms with van der Waals surface area (Å²) in [4.78, 5) is 18.8. The van der Waals surface area contributed by atoms with Gasteiger partial charge in [0.2, 0.25) is 10.0 Å². The minimum atomic E-state index is -3.42. The van der Waals surface area contributed by atoms with Crippen LogP contribution in [-0.4, -0.2) is 49.5 Å². The number of ether oxygens (including phenoxy) is 1. The molecular formula is C27H33N3O5S. The van der Waals surface area contributed by atoms with E-state index in [0.717, 1.165) is 30.4 Å². The van der Waals surface area contributed by atoms with Crippen molar-refractivity contribution in [3.8, 4) is 0 Å². The molecule has 1 aliphatic carbocycles. The van der Waals surface area contributed by atoms with Gasteiger partial charge in [0.15, 0.2) is 0 Å². The van der Waals surface area contributed by atoms with Gasteiger partial charge in [0.05, 0.1) is 24.5 Å². The van der Waals surface area contributed by atoms with Crippen molar-refractivity contribution in [1.29, 1.82) is 0 Å². The van der Waals surface area contributed by atoms with E-state index in [1.54, 1.807) is 0 Å². The summed E-state index contributed by atoms with van der Waals surface area (Å²) in [6.07, 6.45) is 5.55. The summed E-state index contributed by atoms with van der Waals surface area (Å²) in [5, 5.41) is 3.11. The molecule has 2 N–H and O–H groups in total. The zero-order valence-corrected chi connectivity index (χ0v) is 21.1. The van der Waals surface area contributed by atoms with Crippen LogP contribution < -0.4 is 10.8 Å². The molecule has 5 rings (SSSR count). The molecule has 0 bridgehead atoms. The largest absolute Gasteiger partial charge is 0.371 e. The first kappa shape index (κ1) is 25.0. The lowest BCUT2D eigenvalue weighted by molar-refractivity contribution is -0.121. The quantitative estimate of drug-likeness (QED) is 0.566. The van der Waals surface area contributed by atoms with Crippen molar-refractivity contribution in [2.75, 3.05) is 13.1 Å². The van der Waals surface area contributed by atoms with Gasteiger partial charge in [-0.15, -0.1) is 0 Å². The summed E-state index contributed by atoms with van der Waals surface area (Å²) in [6.45, 7) is 1.22. The molecule has 9 heteroatoms. The molecule has 2 aliphatic heterocycles. The molecule has 192 valence electrons. The molecule has 36 heavy (non-hydrogen) atoms. The first-order valence-electron chi connectivity index (χ1n) is 12.6. The lowest BCUT2D eigenvalue weighted by atomic mass is 9.92. The second-order valence-electron chi connectivity index (χ2n) is 9.81. The van der Waals surface area contributed by atoms with Gasteiger partial charge in [-0.2, -0.15) is 0 Å². The van der Waals surface area contributed by atoms with Gasteiger partial charge >= 0.3 is 0 Å². The highest BCUT2D eigenvalue weighted by Crippen LogP contribution is 2.33. The molecule has 2 aromatic rings. The molecule has 8 nitrogen and oxygen atoms in total. The normalized spacial score (nSPS) is 23.8. The third kappa shape index (κ3) is 5.81. The van der Waals surface area contributed by atoms with E-state index in [2.05, 4.69) is 10.8 Å². The van der Waals surface area contributed by atoms with Gasteiger partial charge in [-0.3, -0.25) is 15.1 Å². The predicted octanol–water partition coefficient (Wildman–Crippen LogP) is 3.02. The zero-order valence-electron chi connectivity index (χ0n) is 20.3. The van der Waals surface area contributed by atoms with E-state index in [4.69, 9.17) is 9.57 Å². The standard InChI is InChI=1S/C27H33N3O5S/c31-26(28-23-12-7-13-25(23)34-19-21-8-3-1-4-9-21)24-18-27(35-29-24)14-16-30(17-15-27)36(32,33)20-22-10-5-2-6-11-22/h1-6,8-11,18,23,25,29H,7,12-17,19-20H2,(H,28,31). The number of nitrogens with one attached hydrogen (secondary N) is 2. The van der Waals surface area contributed by atoms with Gasteiger partial charge in [-0.05, 0) is 49.3 Å². The second-order valence-corrected chi connectivity index (χ2v) is 11.8. The number of rotatable bonds is 8. The van der Waals surface area contributed by atoms with Crippen LogP contribution in [0, 0.1) is 0 Å². The van der Waals surface area contributed by atoms with Crippen LogP contribution in [0.3, 0.4) is 0 Å². The highest BCUT2D eigenvalue weighted by Gasteiger charge is 2.43. The molecule has 1 spiro atoms. The SMILES string of the molecule is O=C(NC1CCCC1OCc1ccccc1)C1=CC2(CCN(S(=O)(=O)Cc3ccccc3)CC2)ON1. The van der Waals surface area contributed by atoms with Gasteiger partial charge in [0.25, 0.3) is 5.91 Å². The fourth-order valence-corrected chi connectivity index (χ4v) is 6.71.